The predicted octanol–water partition coefficient (Wildman–Crippen LogP) is 7.81. The van der Waals surface area contributed by atoms with Crippen LogP contribution in [0, 0.1) is 6.92 Å². The number of ether oxygens (including phenoxy) is 1. The fourth-order valence-corrected chi connectivity index (χ4v) is 6.71. The van der Waals surface area contributed by atoms with Gasteiger partial charge in [-0.2, -0.15) is 37.3 Å². The van der Waals surface area contributed by atoms with Crippen LogP contribution in [0.3, 0.4) is 0 Å². The molecule has 0 aromatic heterocycles. The monoisotopic (exact) mass is 766 g/mol. The van der Waals surface area contributed by atoms with E-state index in [1.165, 1.54) is 7.11 Å². The molecule has 0 saturated carbocycles. The van der Waals surface area contributed by atoms with Crippen molar-refractivity contribution in [2.24, 2.45) is 25.6 Å². The molecule has 274 valence electrons. The van der Waals surface area contributed by atoms with Crippen LogP contribution in [0.4, 0.5) is 39.8 Å². The highest BCUT2D eigenvalue weighted by molar-refractivity contribution is 7.91. The second-order valence-electron chi connectivity index (χ2n) is 11.7. The molecule has 0 atom stereocenters. The number of allylic oxidation sites excluding steroid dienone is 1. The van der Waals surface area contributed by atoms with Crippen molar-refractivity contribution >= 4 is 77.6 Å². The summed E-state index contributed by atoms with van der Waals surface area (Å²) in [5, 5.41) is 20.6. The van der Waals surface area contributed by atoms with Gasteiger partial charge in [0.1, 0.15) is 21.2 Å². The Labute approximate surface area is 309 Å². The third kappa shape index (κ3) is 7.91. The van der Waals surface area contributed by atoms with Gasteiger partial charge in [0, 0.05) is 6.07 Å². The number of para-hydroxylation sites is 1. The minimum atomic E-state index is -5.06. The summed E-state index contributed by atoms with van der Waals surface area (Å²) in [6.07, 6.45) is 0.815. The number of anilines is 3. The smallest absolute Gasteiger partial charge is 0.296 e. The highest BCUT2D eigenvalue weighted by Crippen LogP contribution is 2.41. The Morgan fingerprint density at radius 2 is 1.33 bits per heavy atom. The number of hydrogen-bond acceptors (Lipinski definition) is 14. The Hall–Kier alpha value is -6.60. The normalized spacial score (nSPS) is 14.0. The number of nitrogen functional groups attached to an aromatic ring is 2. The van der Waals surface area contributed by atoms with E-state index >= 15 is 0 Å². The van der Waals surface area contributed by atoms with Crippen molar-refractivity contribution in [1.29, 1.82) is 0 Å². The zero-order valence-electron chi connectivity index (χ0n) is 28.4. The molecule has 5 aromatic carbocycles. The zero-order chi connectivity index (χ0) is 38.8. The highest BCUT2D eigenvalue weighted by atomic mass is 32.2. The molecular formula is C36H30N8O8S2. The number of carbonyl (C=O) groups is 1. The molecule has 0 unspecified atom stereocenters. The van der Waals surface area contributed by atoms with Gasteiger partial charge < -0.3 is 16.2 Å². The van der Waals surface area contributed by atoms with E-state index in [0.717, 1.165) is 28.8 Å². The van der Waals surface area contributed by atoms with Crippen LogP contribution in [-0.2, 0) is 20.2 Å². The van der Waals surface area contributed by atoms with Gasteiger partial charge >= 0.3 is 0 Å². The van der Waals surface area contributed by atoms with E-state index in [4.69, 9.17) is 16.2 Å². The molecule has 0 heterocycles. The summed E-state index contributed by atoms with van der Waals surface area (Å²) in [6, 6.07) is 26.4. The quantitative estimate of drug-likeness (QED) is 0.0396. The minimum absolute atomic E-state index is 0.256. The van der Waals surface area contributed by atoms with Crippen molar-refractivity contribution in [1.82, 2.24) is 0 Å². The van der Waals surface area contributed by atoms with E-state index in [1.54, 1.807) is 78.9 Å². The third-order valence-electron chi connectivity index (χ3n) is 8.08. The average molecular weight is 767 g/mol. The molecule has 0 saturated heterocycles. The van der Waals surface area contributed by atoms with E-state index in [9.17, 15) is 30.7 Å². The molecular weight excluding hydrogens is 737 g/mol. The fraction of sp³-hybridized carbons (Fsp3) is 0.0556. The molecule has 0 fully saturated rings. The number of azo groups is 2. The van der Waals surface area contributed by atoms with Crippen LogP contribution in [0.1, 0.15) is 21.5 Å². The largest absolute Gasteiger partial charge is 0.495 e. The van der Waals surface area contributed by atoms with E-state index < -0.39 is 52.9 Å². The van der Waals surface area contributed by atoms with Crippen molar-refractivity contribution in [2.45, 2.75) is 11.8 Å². The van der Waals surface area contributed by atoms with Gasteiger partial charge in [0.15, 0.2) is 5.71 Å². The third-order valence-corrected chi connectivity index (χ3v) is 9.81. The molecule has 54 heavy (non-hydrogen) atoms. The standard InChI is InChI=1S/C36H30N8O8S2/c1-20-16-27(37)29(52-2)19-28(20)42-39-25-12-8-21(9-13-25)22-10-14-26(15-11-22)41-43-34-30(53(46,47)48)17-23-18-31(54(49,50)51)35(36(45)32(23)33(34)38)44-40-24-6-4-3-5-7-24/h3-19,40H,37-38H2,1-2H3,(H,46,47,48)(H,49,50,51)/b42-39?,43-41?,44-35+. The molecule has 0 bridgehead atoms. The van der Waals surface area contributed by atoms with Crippen molar-refractivity contribution in [3.05, 3.63) is 119 Å². The van der Waals surface area contributed by atoms with Crippen LogP contribution in [0.5, 0.6) is 5.75 Å². The van der Waals surface area contributed by atoms with Crippen LogP contribution < -0.4 is 21.6 Å². The maximum absolute atomic E-state index is 13.7. The van der Waals surface area contributed by atoms with Crippen molar-refractivity contribution in [3.63, 3.8) is 0 Å². The first-order valence-corrected chi connectivity index (χ1v) is 18.6. The molecule has 0 radical (unpaired) electrons. The second-order valence-corrected chi connectivity index (χ2v) is 14.5. The summed E-state index contributed by atoms with van der Waals surface area (Å²) in [4.78, 5) is 11.9. The molecule has 1 aliphatic carbocycles. The number of methoxy groups -OCH3 is 1. The van der Waals surface area contributed by atoms with Gasteiger partial charge in [-0.3, -0.25) is 19.3 Å². The van der Waals surface area contributed by atoms with Crippen LogP contribution in [0.2, 0.25) is 0 Å². The molecule has 0 aliphatic heterocycles. The lowest BCUT2D eigenvalue weighted by Crippen LogP contribution is -2.28. The van der Waals surface area contributed by atoms with Crippen LogP contribution >= 0.6 is 0 Å². The number of ketones is 1. The van der Waals surface area contributed by atoms with Gasteiger partial charge in [0.05, 0.1) is 46.8 Å². The van der Waals surface area contributed by atoms with E-state index in [-0.39, 0.29) is 16.8 Å². The maximum atomic E-state index is 13.7. The summed E-state index contributed by atoms with van der Waals surface area (Å²) in [5.74, 6) is -0.574. The minimum Gasteiger partial charge on any atom is -0.495 e. The Kier molecular flexibility index (Phi) is 10.2. The first-order valence-electron chi connectivity index (χ1n) is 15.7. The molecule has 0 spiro atoms. The number of aryl methyl sites for hydroxylation is 1. The van der Waals surface area contributed by atoms with Gasteiger partial charge in [0.2, 0.25) is 5.78 Å². The van der Waals surface area contributed by atoms with Crippen molar-refractivity contribution in [2.75, 3.05) is 24.0 Å². The number of carbonyl (C=O) groups excluding carboxylic acids is 1. The zero-order valence-corrected chi connectivity index (χ0v) is 30.0. The second kappa shape index (κ2) is 14.8. The van der Waals surface area contributed by atoms with Gasteiger partial charge in [0.25, 0.3) is 20.2 Å². The number of fused-ring (bicyclic) bond motifs is 1. The number of nitrogens with one attached hydrogen (secondary N) is 1. The van der Waals surface area contributed by atoms with Crippen molar-refractivity contribution < 1.29 is 35.5 Å². The maximum Gasteiger partial charge on any atom is 0.296 e. The van der Waals surface area contributed by atoms with Gasteiger partial charge in [-0.1, -0.05) is 42.5 Å². The van der Waals surface area contributed by atoms with Crippen LogP contribution in [-0.4, -0.2) is 44.5 Å². The van der Waals surface area contributed by atoms with E-state index in [0.29, 0.717) is 28.5 Å². The molecule has 1 aliphatic rings. The van der Waals surface area contributed by atoms with Gasteiger partial charge in [-0.15, -0.1) is 5.11 Å². The van der Waals surface area contributed by atoms with Gasteiger partial charge in [-0.25, -0.2) is 0 Å². The number of Topliss-reactive ketones (excluding diaryl/α,β-unsaturated/α-hetero) is 1. The predicted molar refractivity (Wildman–Crippen MR) is 204 cm³/mol. The summed E-state index contributed by atoms with van der Waals surface area (Å²) in [6.45, 7) is 1.87. The number of hydrazone groups is 1. The molecule has 18 heteroatoms. The van der Waals surface area contributed by atoms with E-state index in [2.05, 4.69) is 31.0 Å². The Morgan fingerprint density at radius 3 is 1.89 bits per heavy atom. The molecule has 0 amide bonds. The first kappa shape index (κ1) is 37.2. The van der Waals surface area contributed by atoms with Crippen LogP contribution in [0.25, 0.3) is 17.2 Å². The molecule has 16 nitrogen and oxygen atoms in total. The number of nitrogens with two attached hydrogens (primary N) is 2. The Bertz CT molecular complexity index is 2640. The first-order chi connectivity index (χ1) is 25.6. The lowest BCUT2D eigenvalue weighted by molar-refractivity contribution is 0.106. The summed E-state index contributed by atoms with van der Waals surface area (Å²) < 4.78 is 74.7. The Morgan fingerprint density at radius 1 is 0.741 bits per heavy atom. The molecule has 5 aromatic rings. The molecule has 7 N–H and O–H groups in total. The van der Waals surface area contributed by atoms with Crippen molar-refractivity contribution in [3.8, 4) is 16.9 Å². The fourth-order valence-electron chi connectivity index (χ4n) is 5.38. The number of nitrogens with zero attached hydrogens (tertiary/aromatic N) is 5. The number of benzene rings is 5. The van der Waals surface area contributed by atoms with E-state index in [1.807, 2.05) is 19.1 Å². The summed E-state index contributed by atoms with van der Waals surface area (Å²) >= 11 is 0. The van der Waals surface area contributed by atoms with Crippen LogP contribution in [0.15, 0.2) is 132 Å². The highest BCUT2D eigenvalue weighted by Gasteiger charge is 2.37. The molecule has 6 rings (SSSR count). The van der Waals surface area contributed by atoms with Gasteiger partial charge in [-0.05, 0) is 83.8 Å². The Balaban J connectivity index is 1.28. The number of hydrogen-bond donors (Lipinski definition) is 5. The average Bonchev–Trinajstić information content (AvgIpc) is 3.13. The summed E-state index contributed by atoms with van der Waals surface area (Å²) in [7, 11) is -8.59. The SMILES string of the molecule is COc1cc(N=Nc2ccc(-c3ccc(N=Nc4c(S(=O)(=O)O)cc5c(c4N)C(=O)/C(=N/Nc4ccccc4)C(S(=O)(=O)O)=C5)cc3)cc2)c(C)cc1N. The lowest BCUT2D eigenvalue weighted by atomic mass is 9.92. The number of rotatable bonds is 10. The lowest BCUT2D eigenvalue weighted by Gasteiger charge is -2.20. The topological polar surface area (TPSA) is 261 Å². The summed E-state index contributed by atoms with van der Waals surface area (Å²) in [5.41, 5.74) is 17.1.